The van der Waals surface area contributed by atoms with Crippen LogP contribution in [0.5, 0.6) is 0 Å². The molecule has 0 radical (unpaired) electrons. The molecule has 0 unspecified atom stereocenters. The molecule has 7 heteroatoms. The van der Waals surface area contributed by atoms with Gasteiger partial charge in [0.05, 0.1) is 10.5 Å². The lowest BCUT2D eigenvalue weighted by Gasteiger charge is -2.36. The SMILES string of the molecule is O=C(c1ccsc1)N1CCN(c2cccc([N+](=O)[O-])c2)CC1. The van der Waals surface area contributed by atoms with Crippen molar-refractivity contribution < 1.29 is 9.72 Å². The summed E-state index contributed by atoms with van der Waals surface area (Å²) in [5.74, 6) is 0.0555. The van der Waals surface area contributed by atoms with Gasteiger partial charge in [-0.1, -0.05) is 6.07 Å². The molecule has 0 atom stereocenters. The largest absolute Gasteiger partial charge is 0.368 e. The fourth-order valence-corrected chi connectivity index (χ4v) is 3.17. The molecule has 0 bridgehead atoms. The lowest BCUT2D eigenvalue weighted by Crippen LogP contribution is -2.48. The lowest BCUT2D eigenvalue weighted by molar-refractivity contribution is -0.384. The number of nitrogens with zero attached hydrogens (tertiary/aromatic N) is 3. The Morgan fingerprint density at radius 2 is 1.95 bits per heavy atom. The van der Waals surface area contributed by atoms with Crippen LogP contribution >= 0.6 is 11.3 Å². The van der Waals surface area contributed by atoms with Gasteiger partial charge in [0.1, 0.15) is 0 Å². The normalized spacial score (nSPS) is 14.9. The highest BCUT2D eigenvalue weighted by atomic mass is 32.1. The molecule has 6 nitrogen and oxygen atoms in total. The molecule has 2 aromatic rings. The van der Waals surface area contributed by atoms with E-state index in [1.165, 1.54) is 17.4 Å². The highest BCUT2D eigenvalue weighted by Crippen LogP contribution is 2.22. The summed E-state index contributed by atoms with van der Waals surface area (Å²) in [6, 6.07) is 8.45. The minimum atomic E-state index is -0.389. The minimum absolute atomic E-state index is 0.0555. The Labute approximate surface area is 131 Å². The Morgan fingerprint density at radius 1 is 1.18 bits per heavy atom. The van der Waals surface area contributed by atoms with Crippen molar-refractivity contribution in [3.05, 3.63) is 56.8 Å². The maximum Gasteiger partial charge on any atom is 0.271 e. The zero-order chi connectivity index (χ0) is 15.5. The van der Waals surface area contributed by atoms with Gasteiger partial charge in [0.2, 0.25) is 0 Å². The van der Waals surface area contributed by atoms with Gasteiger partial charge in [0.25, 0.3) is 11.6 Å². The van der Waals surface area contributed by atoms with Crippen molar-refractivity contribution in [1.29, 1.82) is 0 Å². The van der Waals surface area contributed by atoms with Gasteiger partial charge in [-0.25, -0.2) is 0 Å². The first-order valence-corrected chi connectivity index (χ1v) is 7.90. The van der Waals surface area contributed by atoms with Gasteiger partial charge < -0.3 is 9.80 Å². The number of nitro benzene ring substituents is 1. The molecular formula is C15H15N3O3S. The highest BCUT2D eigenvalue weighted by Gasteiger charge is 2.23. The predicted octanol–water partition coefficient (Wildman–Crippen LogP) is 2.62. The number of carbonyl (C=O) groups excluding carboxylic acids is 1. The summed E-state index contributed by atoms with van der Waals surface area (Å²) >= 11 is 1.51. The van der Waals surface area contributed by atoms with Crippen molar-refractivity contribution in [3.63, 3.8) is 0 Å². The second kappa shape index (κ2) is 6.15. The van der Waals surface area contributed by atoms with Gasteiger partial charge in [-0.05, 0) is 17.5 Å². The molecule has 1 aromatic heterocycles. The standard InChI is InChI=1S/C15H15N3O3S/c19-15(12-4-9-22-11-12)17-7-5-16(6-8-17)13-2-1-3-14(10-13)18(20)21/h1-4,9-11H,5-8H2. The maximum atomic E-state index is 12.3. The summed E-state index contributed by atoms with van der Waals surface area (Å²) in [5, 5.41) is 14.6. The fraction of sp³-hybridized carbons (Fsp3) is 0.267. The molecule has 0 spiro atoms. The van der Waals surface area contributed by atoms with Gasteiger partial charge in [-0.15, -0.1) is 0 Å². The summed E-state index contributed by atoms with van der Waals surface area (Å²) in [7, 11) is 0. The van der Waals surface area contributed by atoms with Gasteiger partial charge in [0.15, 0.2) is 0 Å². The van der Waals surface area contributed by atoms with Crippen LogP contribution in [0, 0.1) is 10.1 Å². The van der Waals surface area contributed by atoms with E-state index in [1.807, 2.05) is 27.8 Å². The molecule has 114 valence electrons. The number of hydrogen-bond acceptors (Lipinski definition) is 5. The van der Waals surface area contributed by atoms with Crippen molar-refractivity contribution >= 4 is 28.6 Å². The molecular weight excluding hydrogens is 302 g/mol. The van der Waals surface area contributed by atoms with E-state index in [9.17, 15) is 14.9 Å². The van der Waals surface area contributed by atoms with Crippen molar-refractivity contribution in [1.82, 2.24) is 4.90 Å². The van der Waals surface area contributed by atoms with Crippen molar-refractivity contribution in [2.45, 2.75) is 0 Å². The Hall–Kier alpha value is -2.41. The molecule has 1 aliphatic heterocycles. The Morgan fingerprint density at radius 3 is 2.59 bits per heavy atom. The van der Waals surface area contributed by atoms with Gasteiger partial charge >= 0.3 is 0 Å². The number of amides is 1. The van der Waals surface area contributed by atoms with E-state index in [0.29, 0.717) is 26.2 Å². The summed E-state index contributed by atoms with van der Waals surface area (Å²) in [6.45, 7) is 2.60. The molecule has 3 rings (SSSR count). The van der Waals surface area contributed by atoms with Crippen LogP contribution in [0.1, 0.15) is 10.4 Å². The number of non-ortho nitro benzene ring substituents is 1. The molecule has 0 aliphatic carbocycles. The third kappa shape index (κ3) is 2.94. The van der Waals surface area contributed by atoms with E-state index in [-0.39, 0.29) is 16.5 Å². The second-order valence-electron chi connectivity index (χ2n) is 5.07. The van der Waals surface area contributed by atoms with Crippen LogP contribution in [0.2, 0.25) is 0 Å². The third-order valence-corrected chi connectivity index (χ3v) is 4.42. The fourth-order valence-electron chi connectivity index (χ4n) is 2.54. The van der Waals surface area contributed by atoms with E-state index in [1.54, 1.807) is 12.1 Å². The molecule has 2 heterocycles. The van der Waals surface area contributed by atoms with E-state index in [0.717, 1.165) is 11.3 Å². The van der Waals surface area contributed by atoms with Crippen molar-refractivity contribution in [2.75, 3.05) is 31.1 Å². The van der Waals surface area contributed by atoms with Crippen LogP contribution in [-0.4, -0.2) is 41.9 Å². The average molecular weight is 317 g/mol. The lowest BCUT2D eigenvalue weighted by atomic mass is 10.2. The van der Waals surface area contributed by atoms with Crippen molar-refractivity contribution in [2.24, 2.45) is 0 Å². The number of benzene rings is 1. The number of hydrogen-bond donors (Lipinski definition) is 0. The number of carbonyl (C=O) groups is 1. The zero-order valence-corrected chi connectivity index (χ0v) is 12.7. The van der Waals surface area contributed by atoms with Crippen LogP contribution in [0.15, 0.2) is 41.1 Å². The Kier molecular flexibility index (Phi) is 4.06. The first-order chi connectivity index (χ1) is 10.6. The second-order valence-corrected chi connectivity index (χ2v) is 5.85. The molecule has 22 heavy (non-hydrogen) atoms. The summed E-state index contributed by atoms with van der Waals surface area (Å²) in [5.41, 5.74) is 1.65. The molecule has 1 amide bonds. The predicted molar refractivity (Wildman–Crippen MR) is 85.5 cm³/mol. The Balaban J connectivity index is 1.65. The van der Waals surface area contributed by atoms with E-state index in [2.05, 4.69) is 4.90 Å². The number of rotatable bonds is 3. The summed E-state index contributed by atoms with van der Waals surface area (Å²) in [4.78, 5) is 26.6. The van der Waals surface area contributed by atoms with E-state index in [4.69, 9.17) is 0 Å². The van der Waals surface area contributed by atoms with E-state index < -0.39 is 0 Å². The van der Waals surface area contributed by atoms with Gasteiger partial charge in [-0.2, -0.15) is 11.3 Å². The number of anilines is 1. The molecule has 1 saturated heterocycles. The molecule has 1 fully saturated rings. The van der Waals surface area contributed by atoms with E-state index >= 15 is 0 Å². The topological polar surface area (TPSA) is 66.7 Å². The third-order valence-electron chi connectivity index (χ3n) is 3.74. The first-order valence-electron chi connectivity index (χ1n) is 6.96. The van der Waals surface area contributed by atoms with Crippen LogP contribution in [-0.2, 0) is 0 Å². The minimum Gasteiger partial charge on any atom is -0.368 e. The van der Waals surface area contributed by atoms with Gasteiger partial charge in [-0.3, -0.25) is 14.9 Å². The summed E-state index contributed by atoms with van der Waals surface area (Å²) in [6.07, 6.45) is 0. The maximum absolute atomic E-state index is 12.3. The van der Waals surface area contributed by atoms with Crippen molar-refractivity contribution in [3.8, 4) is 0 Å². The first kappa shape index (κ1) is 14.5. The number of nitro groups is 1. The number of piperazine rings is 1. The highest BCUT2D eigenvalue weighted by molar-refractivity contribution is 7.08. The molecule has 1 aromatic carbocycles. The molecule has 0 N–H and O–H groups in total. The molecule has 1 aliphatic rings. The molecule has 0 saturated carbocycles. The van der Waals surface area contributed by atoms with Crippen LogP contribution in [0.4, 0.5) is 11.4 Å². The monoisotopic (exact) mass is 317 g/mol. The number of thiophene rings is 1. The zero-order valence-electron chi connectivity index (χ0n) is 11.8. The van der Waals surface area contributed by atoms with Gasteiger partial charge in [0, 0.05) is 49.4 Å². The Bertz CT molecular complexity index is 679. The smallest absolute Gasteiger partial charge is 0.271 e. The quantitative estimate of drug-likeness (QED) is 0.645. The van der Waals surface area contributed by atoms with Crippen LogP contribution < -0.4 is 4.90 Å². The van der Waals surface area contributed by atoms with Crippen LogP contribution in [0.3, 0.4) is 0 Å². The van der Waals surface area contributed by atoms with Crippen LogP contribution in [0.25, 0.3) is 0 Å². The summed E-state index contributed by atoms with van der Waals surface area (Å²) < 4.78 is 0. The average Bonchev–Trinajstić information content (AvgIpc) is 3.09.